The van der Waals surface area contributed by atoms with Crippen LogP contribution in [0.2, 0.25) is 0 Å². The summed E-state index contributed by atoms with van der Waals surface area (Å²) in [4.78, 5) is 17.7. The van der Waals surface area contributed by atoms with Crippen LogP contribution in [0.25, 0.3) is 67.3 Å². The van der Waals surface area contributed by atoms with E-state index in [4.69, 9.17) is 17.7 Å². The lowest BCUT2D eigenvalue weighted by Gasteiger charge is -1.95. The molecule has 0 saturated heterocycles. The molecule has 0 radical (unpaired) electrons. The van der Waals surface area contributed by atoms with E-state index >= 15 is 0 Å². The Kier molecular flexibility index (Phi) is 7.39. The Bertz CT molecular complexity index is 1890. The van der Waals surface area contributed by atoms with E-state index in [2.05, 4.69) is 33.8 Å². The number of hydrogen-bond acceptors (Lipinski definition) is 8. The Morgan fingerprint density at radius 3 is 1.26 bits per heavy atom. The molecule has 212 valence electrons. The van der Waals surface area contributed by atoms with E-state index in [1.54, 1.807) is 0 Å². The fraction of sp³-hybridized carbons (Fsp3) is 0.176. The normalized spacial score (nSPS) is 11.0. The summed E-state index contributed by atoms with van der Waals surface area (Å²) >= 11 is 0. The molecule has 0 saturated carbocycles. The quantitative estimate of drug-likeness (QED) is 0.206. The van der Waals surface area contributed by atoms with Crippen molar-refractivity contribution in [1.82, 2.24) is 19.9 Å². The molecule has 4 heterocycles. The first-order valence-electron chi connectivity index (χ1n) is 12.9. The number of nitrogens with zero attached hydrogens (tertiary/aromatic N) is 4. The van der Waals surface area contributed by atoms with Gasteiger partial charge in [-0.3, -0.25) is 0 Å². The molecule has 0 amide bonds. The van der Waals surface area contributed by atoms with E-state index in [-0.39, 0.29) is 14.9 Å². The van der Waals surface area contributed by atoms with Crippen LogP contribution in [0, 0.1) is 27.7 Å². The fourth-order valence-corrected chi connectivity index (χ4v) is 4.57. The predicted molar refractivity (Wildman–Crippen MR) is 166 cm³/mol. The summed E-state index contributed by atoms with van der Waals surface area (Å²) in [5.74, 6) is 2.52. The monoisotopic (exact) mass is 560 g/mol. The van der Waals surface area contributed by atoms with Crippen LogP contribution in [0.5, 0.6) is 0 Å². The summed E-state index contributed by atoms with van der Waals surface area (Å²) < 4.78 is 22.7. The maximum Gasteiger partial charge on any atom is 0.227 e. The van der Waals surface area contributed by atoms with E-state index in [0.29, 0.717) is 29.1 Å². The molecule has 42 heavy (non-hydrogen) atoms. The van der Waals surface area contributed by atoms with Gasteiger partial charge in [0, 0.05) is 43.2 Å². The fourth-order valence-electron chi connectivity index (χ4n) is 4.57. The average molecular weight is 561 g/mol. The number of oxazole rings is 4. The molecular formula is C34H32N4O4. The summed E-state index contributed by atoms with van der Waals surface area (Å²) in [6.07, 6.45) is 0. The van der Waals surface area contributed by atoms with Crippen molar-refractivity contribution in [2.24, 2.45) is 0 Å². The van der Waals surface area contributed by atoms with E-state index in [0.717, 1.165) is 49.9 Å². The minimum absolute atomic E-state index is 0. The number of benzene rings is 4. The van der Waals surface area contributed by atoms with Crippen LogP contribution in [0.4, 0.5) is 0 Å². The summed E-state index contributed by atoms with van der Waals surface area (Å²) in [6.45, 7) is 7.76. The zero-order chi connectivity index (χ0) is 27.4. The zero-order valence-corrected chi connectivity index (χ0v) is 22.4. The molecule has 0 aliphatic carbocycles. The van der Waals surface area contributed by atoms with Crippen molar-refractivity contribution in [3.05, 3.63) is 95.7 Å². The Balaban J connectivity index is 0.000000160. The molecule has 0 aliphatic rings. The van der Waals surface area contributed by atoms with Gasteiger partial charge in [0.15, 0.2) is 34.1 Å². The van der Waals surface area contributed by atoms with E-state index in [9.17, 15) is 0 Å². The molecule has 0 bridgehead atoms. The first-order valence-corrected chi connectivity index (χ1v) is 12.9. The topological polar surface area (TPSA) is 104 Å². The van der Waals surface area contributed by atoms with Crippen LogP contribution in [0.15, 0.2) is 90.5 Å². The number of aromatic nitrogens is 4. The summed E-state index contributed by atoms with van der Waals surface area (Å²) in [7, 11) is 0. The first kappa shape index (κ1) is 28.3. The van der Waals surface area contributed by atoms with Gasteiger partial charge in [0.05, 0.1) is 0 Å². The van der Waals surface area contributed by atoms with Crippen LogP contribution in [0.1, 0.15) is 37.8 Å². The van der Waals surface area contributed by atoms with Gasteiger partial charge in [0.1, 0.15) is 22.1 Å². The second kappa shape index (κ2) is 11.0. The Hall–Kier alpha value is -5.24. The zero-order valence-electron chi connectivity index (χ0n) is 22.4. The molecule has 8 aromatic rings. The van der Waals surface area contributed by atoms with Crippen molar-refractivity contribution in [2.75, 3.05) is 0 Å². The van der Waals surface area contributed by atoms with Gasteiger partial charge in [0.2, 0.25) is 11.8 Å². The summed E-state index contributed by atoms with van der Waals surface area (Å²) in [5.41, 5.74) is 10.4. The van der Waals surface area contributed by atoms with Gasteiger partial charge in [-0.2, -0.15) is 0 Å². The van der Waals surface area contributed by atoms with E-state index < -0.39 is 0 Å². The molecule has 4 aromatic heterocycles. The highest BCUT2D eigenvalue weighted by atomic mass is 16.4. The minimum Gasteiger partial charge on any atom is -0.441 e. The highest BCUT2D eigenvalue weighted by molar-refractivity contribution is 5.91. The molecular weight excluding hydrogens is 528 g/mol. The van der Waals surface area contributed by atoms with Gasteiger partial charge < -0.3 is 17.7 Å². The smallest absolute Gasteiger partial charge is 0.227 e. The van der Waals surface area contributed by atoms with Crippen molar-refractivity contribution < 1.29 is 17.7 Å². The van der Waals surface area contributed by atoms with Crippen molar-refractivity contribution in [3.63, 3.8) is 0 Å². The highest BCUT2D eigenvalue weighted by Crippen LogP contribution is 2.29. The van der Waals surface area contributed by atoms with Gasteiger partial charge >= 0.3 is 0 Å². The third-order valence-corrected chi connectivity index (χ3v) is 6.61. The number of fused-ring (bicyclic) bond motifs is 4. The first-order chi connectivity index (χ1) is 19.4. The number of aryl methyl sites for hydroxylation is 4. The van der Waals surface area contributed by atoms with Crippen molar-refractivity contribution >= 4 is 44.4 Å². The van der Waals surface area contributed by atoms with Gasteiger partial charge in [-0.1, -0.05) is 50.2 Å². The van der Waals surface area contributed by atoms with E-state index in [1.165, 1.54) is 11.1 Å². The Morgan fingerprint density at radius 2 is 0.762 bits per heavy atom. The van der Waals surface area contributed by atoms with Gasteiger partial charge in [-0.15, -0.1) is 0 Å². The minimum atomic E-state index is 0. The molecule has 0 spiro atoms. The van der Waals surface area contributed by atoms with Crippen LogP contribution in [-0.2, 0) is 0 Å². The van der Waals surface area contributed by atoms with E-state index in [1.807, 2.05) is 86.6 Å². The lowest BCUT2D eigenvalue weighted by atomic mass is 10.1. The van der Waals surface area contributed by atoms with Crippen LogP contribution in [-0.4, -0.2) is 19.9 Å². The molecule has 0 fully saturated rings. The lowest BCUT2D eigenvalue weighted by Crippen LogP contribution is -1.77. The van der Waals surface area contributed by atoms with Crippen molar-refractivity contribution in [2.45, 2.75) is 42.5 Å². The van der Waals surface area contributed by atoms with Crippen LogP contribution < -0.4 is 0 Å². The maximum absolute atomic E-state index is 5.82. The molecule has 0 unspecified atom stereocenters. The average Bonchev–Trinajstić information content (AvgIpc) is 3.70. The highest BCUT2D eigenvalue weighted by Gasteiger charge is 2.13. The maximum atomic E-state index is 5.82. The van der Waals surface area contributed by atoms with Crippen LogP contribution in [0.3, 0.4) is 0 Å². The predicted octanol–water partition coefficient (Wildman–Crippen LogP) is 9.78. The Morgan fingerprint density at radius 1 is 0.405 bits per heavy atom. The van der Waals surface area contributed by atoms with Gasteiger partial charge in [-0.05, 0) is 44.2 Å². The largest absolute Gasteiger partial charge is 0.441 e. The number of rotatable bonds is 2. The Labute approximate surface area is 243 Å². The van der Waals surface area contributed by atoms with Gasteiger partial charge in [-0.25, -0.2) is 19.9 Å². The third kappa shape index (κ3) is 5.26. The standard InChI is InChI=1S/2C16H12N2O2.2CH4/c1-9-3-5-11(6-4-9)16-18-13-8-14-12(7-15(13)20-16)17-10(2)19-14;1-9-3-5-11(6-4-9)16-18-13-7-12-14(8-15(13)20-16)19-10(2)17-12;;/h2*3-8H,1-2H3;2*1H4. The molecule has 4 aromatic carbocycles. The molecule has 8 heteroatoms. The van der Waals surface area contributed by atoms with Gasteiger partial charge in [0.25, 0.3) is 0 Å². The second-order valence-corrected chi connectivity index (χ2v) is 9.81. The molecule has 0 aliphatic heterocycles. The van der Waals surface area contributed by atoms with Crippen LogP contribution >= 0.6 is 0 Å². The summed E-state index contributed by atoms with van der Waals surface area (Å²) in [6, 6.07) is 23.7. The van der Waals surface area contributed by atoms with Crippen molar-refractivity contribution in [3.8, 4) is 22.9 Å². The molecule has 0 N–H and O–H groups in total. The number of hydrogen-bond donors (Lipinski definition) is 0. The molecule has 8 rings (SSSR count). The SMILES string of the molecule is C.C.Cc1ccc(-c2nc3cc4nc(C)oc4cc3o2)cc1.Cc1ccc(-c2nc3cc4oc(C)nc4cc3o2)cc1. The van der Waals surface area contributed by atoms with Crippen molar-refractivity contribution in [1.29, 1.82) is 0 Å². The molecule has 0 atom stereocenters. The summed E-state index contributed by atoms with van der Waals surface area (Å²) in [5, 5.41) is 0. The molecule has 8 nitrogen and oxygen atoms in total. The second-order valence-electron chi connectivity index (χ2n) is 9.81. The third-order valence-electron chi connectivity index (χ3n) is 6.61. The lowest BCUT2D eigenvalue weighted by molar-refractivity contribution is 0.559.